The zero-order valence-corrected chi connectivity index (χ0v) is 20.8. The summed E-state index contributed by atoms with van der Waals surface area (Å²) in [5, 5.41) is 7.51. The Kier molecular flexibility index (Phi) is 6.66. The fraction of sp³-hybridized carbons (Fsp3) is 0.200. The van der Waals surface area contributed by atoms with Crippen molar-refractivity contribution in [2.45, 2.75) is 19.1 Å². The molecular weight excluding hydrogens is 526 g/mol. The molecule has 196 valence electrons. The summed E-state index contributed by atoms with van der Waals surface area (Å²) in [6.45, 7) is 0.400. The van der Waals surface area contributed by atoms with Gasteiger partial charge in [0.25, 0.3) is 0 Å². The molecule has 0 saturated heterocycles. The van der Waals surface area contributed by atoms with Crippen LogP contribution in [0.4, 0.5) is 23.5 Å². The monoisotopic (exact) mass is 545 g/mol. The van der Waals surface area contributed by atoms with Crippen LogP contribution in [0.3, 0.4) is 0 Å². The number of nitrogens with one attached hydrogen (secondary N) is 1. The van der Waals surface area contributed by atoms with Gasteiger partial charge in [0.05, 0.1) is 28.6 Å². The van der Waals surface area contributed by atoms with Crippen molar-refractivity contribution in [2.24, 2.45) is 14.1 Å². The Morgan fingerprint density at radius 3 is 2.37 bits per heavy atom. The van der Waals surface area contributed by atoms with Gasteiger partial charge in [-0.25, -0.2) is 19.3 Å². The maximum Gasteiger partial charge on any atom is 0.433 e. The number of halogens is 5. The smallest absolute Gasteiger partial charge is 0.424 e. The number of anilines is 1. The normalized spacial score (nSPS) is 11.8. The second kappa shape index (κ2) is 9.93. The Hall–Kier alpha value is -4.19. The average molecular weight is 546 g/mol. The molecule has 0 fully saturated rings. The van der Waals surface area contributed by atoms with E-state index in [2.05, 4.69) is 25.4 Å². The van der Waals surface area contributed by atoms with Crippen LogP contribution in [-0.4, -0.2) is 29.3 Å². The van der Waals surface area contributed by atoms with Gasteiger partial charge in [0.2, 0.25) is 5.95 Å². The lowest BCUT2D eigenvalue weighted by Crippen LogP contribution is -2.11. The van der Waals surface area contributed by atoms with E-state index in [1.807, 2.05) is 12.1 Å². The predicted octanol–water partition coefficient (Wildman–Crippen LogP) is 5.90. The van der Waals surface area contributed by atoms with E-state index in [1.165, 1.54) is 25.5 Å². The zero-order chi connectivity index (χ0) is 27.0. The summed E-state index contributed by atoms with van der Waals surface area (Å²) in [6.07, 6.45) is -1.60. The minimum absolute atomic E-state index is 0.0419. The Balaban J connectivity index is 1.29. The number of ether oxygens (including phenoxy) is 1. The van der Waals surface area contributed by atoms with E-state index >= 15 is 0 Å². The van der Waals surface area contributed by atoms with Gasteiger partial charge in [-0.3, -0.25) is 4.68 Å². The first-order valence-corrected chi connectivity index (χ1v) is 11.7. The molecule has 8 nitrogen and oxygen atoms in total. The molecule has 5 rings (SSSR count). The molecule has 0 atom stereocenters. The highest BCUT2D eigenvalue weighted by Crippen LogP contribution is 2.30. The first-order chi connectivity index (χ1) is 18.1. The minimum Gasteiger partial charge on any atom is -0.424 e. The summed E-state index contributed by atoms with van der Waals surface area (Å²) < 4.78 is 62.2. The summed E-state index contributed by atoms with van der Waals surface area (Å²) in [4.78, 5) is 12.3. The fourth-order valence-corrected chi connectivity index (χ4v) is 4.06. The van der Waals surface area contributed by atoms with Crippen LogP contribution in [0.25, 0.3) is 11.0 Å². The van der Waals surface area contributed by atoms with Crippen LogP contribution in [0.15, 0.2) is 54.9 Å². The van der Waals surface area contributed by atoms with Crippen LogP contribution >= 0.6 is 11.6 Å². The lowest BCUT2D eigenvalue weighted by Gasteiger charge is -2.08. The Morgan fingerprint density at radius 2 is 1.71 bits per heavy atom. The van der Waals surface area contributed by atoms with Gasteiger partial charge in [0.1, 0.15) is 17.0 Å². The molecule has 0 saturated carbocycles. The molecular formula is C25H20ClF4N7O. The molecule has 0 amide bonds. The second-order valence-electron chi connectivity index (χ2n) is 8.54. The Morgan fingerprint density at radius 1 is 1.00 bits per heavy atom. The van der Waals surface area contributed by atoms with Crippen LogP contribution in [0, 0.1) is 5.82 Å². The highest BCUT2D eigenvalue weighted by molar-refractivity contribution is 6.30. The molecule has 38 heavy (non-hydrogen) atoms. The largest absolute Gasteiger partial charge is 0.433 e. The third-order valence-corrected chi connectivity index (χ3v) is 5.98. The van der Waals surface area contributed by atoms with Crippen molar-refractivity contribution >= 4 is 28.6 Å². The quantitative estimate of drug-likeness (QED) is 0.256. The van der Waals surface area contributed by atoms with Gasteiger partial charge in [0, 0.05) is 27.1 Å². The molecule has 0 spiro atoms. The highest BCUT2D eigenvalue weighted by Gasteiger charge is 2.34. The van der Waals surface area contributed by atoms with E-state index in [4.69, 9.17) is 16.3 Å². The molecule has 2 aromatic carbocycles. The number of aryl methyl sites for hydroxylation is 2. The number of hydrogen-bond donors (Lipinski definition) is 1. The lowest BCUT2D eigenvalue weighted by atomic mass is 10.1. The molecule has 0 aliphatic carbocycles. The van der Waals surface area contributed by atoms with E-state index in [0.29, 0.717) is 34.3 Å². The minimum atomic E-state index is -4.52. The average Bonchev–Trinajstić information content (AvgIpc) is 3.40. The van der Waals surface area contributed by atoms with Crippen LogP contribution in [-0.2, 0) is 33.2 Å². The van der Waals surface area contributed by atoms with E-state index in [0.717, 1.165) is 16.3 Å². The molecule has 0 radical (unpaired) electrons. The van der Waals surface area contributed by atoms with Gasteiger partial charge >= 0.3 is 12.2 Å². The van der Waals surface area contributed by atoms with Crippen molar-refractivity contribution in [3.8, 4) is 11.8 Å². The van der Waals surface area contributed by atoms with Crippen molar-refractivity contribution in [1.82, 2.24) is 29.3 Å². The van der Waals surface area contributed by atoms with Crippen LogP contribution in [0.2, 0.25) is 5.02 Å². The number of alkyl halides is 3. The molecule has 13 heteroatoms. The van der Waals surface area contributed by atoms with E-state index in [-0.39, 0.29) is 23.6 Å². The number of hydrogen-bond acceptors (Lipinski definition) is 6. The van der Waals surface area contributed by atoms with Crippen molar-refractivity contribution in [2.75, 3.05) is 5.32 Å². The SMILES string of the molecule is Cn1nc(Cc2cc(F)c3nc(NCc4ccc(Oc5ncc(Cl)cn5)cc4)n(C)c3c2)cc1C(F)(F)F. The number of fused-ring (bicyclic) bond motifs is 1. The Bertz CT molecular complexity index is 1600. The fourth-order valence-electron chi connectivity index (χ4n) is 3.96. The van der Waals surface area contributed by atoms with Gasteiger partial charge in [-0.1, -0.05) is 23.7 Å². The third-order valence-electron chi connectivity index (χ3n) is 5.79. The van der Waals surface area contributed by atoms with Gasteiger partial charge in [0.15, 0.2) is 5.82 Å². The van der Waals surface area contributed by atoms with Crippen molar-refractivity contribution < 1.29 is 22.3 Å². The number of aromatic nitrogens is 6. The summed E-state index contributed by atoms with van der Waals surface area (Å²) in [5.41, 5.74) is 1.38. The number of benzene rings is 2. The lowest BCUT2D eigenvalue weighted by molar-refractivity contribution is -0.143. The van der Waals surface area contributed by atoms with Gasteiger partial charge in [-0.2, -0.15) is 18.3 Å². The van der Waals surface area contributed by atoms with E-state index < -0.39 is 17.7 Å². The molecule has 1 N–H and O–H groups in total. The zero-order valence-electron chi connectivity index (χ0n) is 20.1. The summed E-state index contributed by atoms with van der Waals surface area (Å²) in [5.74, 6) is 0.408. The number of nitrogens with zero attached hydrogens (tertiary/aromatic N) is 6. The molecule has 5 aromatic rings. The van der Waals surface area contributed by atoms with Gasteiger partial charge in [-0.05, 0) is 41.5 Å². The summed E-state index contributed by atoms with van der Waals surface area (Å²) >= 11 is 5.77. The Labute approximate surface area is 218 Å². The molecule has 0 bridgehead atoms. The molecule has 3 aromatic heterocycles. The highest BCUT2D eigenvalue weighted by atomic mass is 35.5. The summed E-state index contributed by atoms with van der Waals surface area (Å²) in [6, 6.07) is 11.3. The number of rotatable bonds is 7. The van der Waals surface area contributed by atoms with Crippen LogP contribution in [0.1, 0.15) is 22.5 Å². The molecule has 0 aliphatic heterocycles. The first kappa shape index (κ1) is 25.5. The van der Waals surface area contributed by atoms with Crippen molar-refractivity contribution in [3.63, 3.8) is 0 Å². The summed E-state index contributed by atoms with van der Waals surface area (Å²) in [7, 11) is 2.95. The predicted molar refractivity (Wildman–Crippen MR) is 133 cm³/mol. The van der Waals surface area contributed by atoms with Crippen LogP contribution < -0.4 is 10.1 Å². The van der Waals surface area contributed by atoms with E-state index in [9.17, 15) is 17.6 Å². The topological polar surface area (TPSA) is 82.7 Å². The molecule has 0 unspecified atom stereocenters. The maximum atomic E-state index is 14.9. The second-order valence-corrected chi connectivity index (χ2v) is 8.98. The van der Waals surface area contributed by atoms with Crippen molar-refractivity contribution in [3.05, 3.63) is 88.2 Å². The van der Waals surface area contributed by atoms with Gasteiger partial charge < -0.3 is 14.6 Å². The molecule has 0 aliphatic rings. The molecule has 3 heterocycles. The maximum absolute atomic E-state index is 14.9. The standard InChI is InChI=1S/C25H20ClF4N7O/c1-36-20-9-15(7-17-10-21(25(28,29)30)37(2)35-17)8-19(27)22(20)34-23(36)31-11-14-3-5-18(6-4-14)38-24-32-12-16(26)13-33-24/h3-6,8-10,12-13H,7,11H2,1-2H3,(H,31,34). The first-order valence-electron chi connectivity index (χ1n) is 11.3. The third kappa shape index (κ3) is 5.40. The van der Waals surface area contributed by atoms with Gasteiger partial charge in [-0.15, -0.1) is 0 Å². The van der Waals surface area contributed by atoms with Crippen molar-refractivity contribution in [1.29, 1.82) is 0 Å². The number of imidazole rings is 1. The van der Waals surface area contributed by atoms with Crippen LogP contribution in [0.5, 0.6) is 11.8 Å². The van der Waals surface area contributed by atoms with E-state index in [1.54, 1.807) is 29.8 Å².